The third kappa shape index (κ3) is 4.93. The van der Waals surface area contributed by atoms with E-state index < -0.39 is 54.2 Å². The standard InChI is InChI=1S/C13H11F3N2O8S/c1-25-11(19)6-9(12(20)26-2)17-8-4-3-7(5-10(8)18(21)22)27(23,24)13(14,15)16/h3-6,17H,1-2H3/b9-6+. The van der Waals surface area contributed by atoms with E-state index in [0.717, 1.165) is 14.2 Å². The first kappa shape index (κ1) is 21.9. The molecule has 0 aliphatic heterocycles. The highest BCUT2D eigenvalue weighted by Gasteiger charge is 2.47. The molecule has 1 aromatic rings. The molecule has 0 aromatic heterocycles. The highest BCUT2D eigenvalue weighted by atomic mass is 32.2. The molecule has 0 atom stereocenters. The number of anilines is 1. The van der Waals surface area contributed by atoms with Gasteiger partial charge in [-0.2, -0.15) is 13.2 Å². The van der Waals surface area contributed by atoms with Gasteiger partial charge in [0.05, 0.1) is 30.1 Å². The lowest BCUT2D eigenvalue weighted by Gasteiger charge is -2.12. The molecule has 1 rings (SSSR count). The minimum atomic E-state index is -5.83. The molecule has 0 radical (unpaired) electrons. The molecular formula is C13H11F3N2O8S. The molecule has 0 saturated carbocycles. The van der Waals surface area contributed by atoms with Gasteiger partial charge in [0.2, 0.25) is 0 Å². The predicted molar refractivity (Wildman–Crippen MR) is 82.1 cm³/mol. The van der Waals surface area contributed by atoms with E-state index in [0.29, 0.717) is 18.2 Å². The van der Waals surface area contributed by atoms with Crippen molar-refractivity contribution < 1.29 is 45.6 Å². The van der Waals surface area contributed by atoms with Crippen molar-refractivity contribution in [1.82, 2.24) is 0 Å². The van der Waals surface area contributed by atoms with Gasteiger partial charge in [-0.1, -0.05) is 0 Å². The van der Waals surface area contributed by atoms with E-state index >= 15 is 0 Å². The molecule has 0 aliphatic carbocycles. The number of hydrogen-bond acceptors (Lipinski definition) is 9. The summed E-state index contributed by atoms with van der Waals surface area (Å²) in [5, 5.41) is 13.2. The predicted octanol–water partition coefficient (Wildman–Crippen LogP) is 1.53. The Morgan fingerprint density at radius 2 is 1.81 bits per heavy atom. The number of ether oxygens (including phenoxy) is 2. The summed E-state index contributed by atoms with van der Waals surface area (Å²) >= 11 is 0. The van der Waals surface area contributed by atoms with E-state index in [1.54, 1.807) is 0 Å². The number of nitro benzene ring substituents is 1. The van der Waals surface area contributed by atoms with Crippen LogP contribution in [0.4, 0.5) is 24.5 Å². The van der Waals surface area contributed by atoms with Gasteiger partial charge in [-0.15, -0.1) is 0 Å². The Hall–Kier alpha value is -3.16. The fraction of sp³-hybridized carbons (Fsp3) is 0.231. The van der Waals surface area contributed by atoms with Crippen molar-refractivity contribution >= 4 is 33.2 Å². The number of rotatable bonds is 6. The summed E-state index contributed by atoms with van der Waals surface area (Å²) in [5.74, 6) is -2.19. The zero-order valence-corrected chi connectivity index (χ0v) is 14.4. The van der Waals surface area contributed by atoms with Crippen LogP contribution in [0.2, 0.25) is 0 Å². The first-order valence-corrected chi connectivity index (χ1v) is 8.08. The number of hydrogen-bond donors (Lipinski definition) is 1. The van der Waals surface area contributed by atoms with Crippen molar-refractivity contribution in [3.05, 3.63) is 40.1 Å². The van der Waals surface area contributed by atoms with Crippen molar-refractivity contribution in [1.29, 1.82) is 0 Å². The van der Waals surface area contributed by atoms with E-state index in [4.69, 9.17) is 0 Å². The van der Waals surface area contributed by atoms with Crippen molar-refractivity contribution in [2.24, 2.45) is 0 Å². The summed E-state index contributed by atoms with van der Waals surface area (Å²) in [6, 6.07) is 1.24. The number of alkyl halides is 3. The average molecular weight is 412 g/mol. The molecule has 1 N–H and O–H groups in total. The van der Waals surface area contributed by atoms with Crippen LogP contribution in [0.3, 0.4) is 0 Å². The van der Waals surface area contributed by atoms with Gasteiger partial charge >= 0.3 is 17.4 Å². The number of esters is 2. The molecule has 14 heteroatoms. The smallest absolute Gasteiger partial charge is 0.466 e. The normalized spacial score (nSPS) is 12.3. The second-order valence-electron chi connectivity index (χ2n) is 4.58. The number of nitrogens with zero attached hydrogens (tertiary/aromatic N) is 1. The topological polar surface area (TPSA) is 142 Å². The number of methoxy groups -OCH3 is 2. The Morgan fingerprint density at radius 3 is 2.26 bits per heavy atom. The third-order valence-corrected chi connectivity index (χ3v) is 4.40. The van der Waals surface area contributed by atoms with Gasteiger partial charge in [-0.3, -0.25) is 10.1 Å². The molecule has 0 bridgehead atoms. The summed E-state index contributed by atoms with van der Waals surface area (Å²) < 4.78 is 69.2. The van der Waals surface area contributed by atoms with Gasteiger partial charge in [0.15, 0.2) is 0 Å². The minimum Gasteiger partial charge on any atom is -0.466 e. The molecule has 0 unspecified atom stereocenters. The van der Waals surface area contributed by atoms with E-state index in [1.165, 1.54) is 0 Å². The molecule has 0 fully saturated rings. The Labute approximate surface area is 149 Å². The number of benzene rings is 1. The van der Waals surface area contributed by atoms with Crippen LogP contribution in [0, 0.1) is 10.1 Å². The van der Waals surface area contributed by atoms with Crippen LogP contribution in [0.5, 0.6) is 0 Å². The number of nitrogens with one attached hydrogen (secondary N) is 1. The Kier molecular flexibility index (Phi) is 6.51. The Balaban J connectivity index is 3.49. The Morgan fingerprint density at radius 1 is 1.22 bits per heavy atom. The molecule has 148 valence electrons. The van der Waals surface area contributed by atoms with Gasteiger partial charge in [-0.25, -0.2) is 18.0 Å². The number of halogens is 3. The monoisotopic (exact) mass is 412 g/mol. The summed E-state index contributed by atoms with van der Waals surface area (Å²) in [6.45, 7) is 0. The summed E-state index contributed by atoms with van der Waals surface area (Å²) in [6.07, 6.45) is 0.579. The van der Waals surface area contributed by atoms with Crippen LogP contribution in [0.15, 0.2) is 34.9 Å². The van der Waals surface area contributed by atoms with Crippen molar-refractivity contribution in [3.63, 3.8) is 0 Å². The van der Waals surface area contributed by atoms with Gasteiger partial charge in [0.1, 0.15) is 11.4 Å². The van der Waals surface area contributed by atoms with Crippen LogP contribution in [0.25, 0.3) is 0 Å². The number of sulfone groups is 1. The summed E-state index contributed by atoms with van der Waals surface area (Å²) in [5.41, 5.74) is -7.97. The van der Waals surface area contributed by atoms with Crippen molar-refractivity contribution in [2.45, 2.75) is 10.4 Å². The zero-order chi connectivity index (χ0) is 21.0. The van der Waals surface area contributed by atoms with Gasteiger partial charge < -0.3 is 14.8 Å². The molecule has 0 amide bonds. The first-order valence-electron chi connectivity index (χ1n) is 6.60. The maximum atomic E-state index is 12.6. The van der Waals surface area contributed by atoms with Crippen LogP contribution in [-0.4, -0.2) is 45.0 Å². The van der Waals surface area contributed by atoms with E-state index in [-0.39, 0.29) is 6.07 Å². The third-order valence-electron chi connectivity index (χ3n) is 2.92. The number of carbonyl (C=O) groups is 2. The highest BCUT2D eigenvalue weighted by molar-refractivity contribution is 7.92. The SMILES string of the molecule is COC(=O)/C=C(/Nc1ccc(S(=O)(=O)C(F)(F)F)cc1[N+](=O)[O-])C(=O)OC. The first-order chi connectivity index (χ1) is 12.3. The lowest BCUT2D eigenvalue weighted by Crippen LogP contribution is -2.23. The van der Waals surface area contributed by atoms with E-state index in [1.807, 2.05) is 0 Å². The average Bonchev–Trinajstić information content (AvgIpc) is 2.59. The molecule has 0 spiro atoms. The van der Waals surface area contributed by atoms with E-state index in [9.17, 15) is 41.3 Å². The molecule has 0 aliphatic rings. The fourth-order valence-corrected chi connectivity index (χ4v) is 2.43. The summed E-state index contributed by atoms with van der Waals surface area (Å²) in [4.78, 5) is 31.5. The molecule has 10 nitrogen and oxygen atoms in total. The van der Waals surface area contributed by atoms with Crippen LogP contribution < -0.4 is 5.32 Å². The molecule has 27 heavy (non-hydrogen) atoms. The van der Waals surface area contributed by atoms with Gasteiger partial charge in [-0.05, 0) is 12.1 Å². The lowest BCUT2D eigenvalue weighted by atomic mass is 10.2. The molecular weight excluding hydrogens is 401 g/mol. The molecule has 0 heterocycles. The maximum absolute atomic E-state index is 12.6. The highest BCUT2D eigenvalue weighted by Crippen LogP contribution is 2.35. The number of carbonyl (C=O) groups excluding carboxylic acids is 2. The zero-order valence-electron chi connectivity index (χ0n) is 13.6. The number of nitro groups is 1. The fourth-order valence-electron chi connectivity index (χ4n) is 1.65. The van der Waals surface area contributed by atoms with Crippen molar-refractivity contribution in [2.75, 3.05) is 19.5 Å². The second-order valence-corrected chi connectivity index (χ2v) is 6.52. The van der Waals surface area contributed by atoms with E-state index in [2.05, 4.69) is 14.8 Å². The van der Waals surface area contributed by atoms with Gasteiger partial charge in [0.25, 0.3) is 15.5 Å². The largest absolute Gasteiger partial charge is 0.501 e. The van der Waals surface area contributed by atoms with Crippen LogP contribution in [-0.2, 0) is 28.9 Å². The Bertz CT molecular complexity index is 909. The second kappa shape index (κ2) is 8.03. The molecule has 0 saturated heterocycles. The van der Waals surface area contributed by atoms with Crippen LogP contribution in [0.1, 0.15) is 0 Å². The van der Waals surface area contributed by atoms with Crippen molar-refractivity contribution in [3.8, 4) is 0 Å². The minimum absolute atomic E-state index is 0.165. The lowest BCUT2D eigenvalue weighted by molar-refractivity contribution is -0.384. The van der Waals surface area contributed by atoms with Crippen LogP contribution >= 0.6 is 0 Å². The molecule has 1 aromatic carbocycles. The maximum Gasteiger partial charge on any atom is 0.501 e. The summed E-state index contributed by atoms with van der Waals surface area (Å²) in [7, 11) is -3.92. The van der Waals surface area contributed by atoms with Gasteiger partial charge in [0, 0.05) is 6.07 Å². The quantitative estimate of drug-likeness (QED) is 0.318.